The van der Waals surface area contributed by atoms with Crippen molar-refractivity contribution in [1.82, 2.24) is 0 Å². The lowest BCUT2D eigenvalue weighted by Crippen LogP contribution is -2.39. The van der Waals surface area contributed by atoms with E-state index in [1.54, 1.807) is 0 Å². The van der Waals surface area contributed by atoms with Gasteiger partial charge in [-0.05, 0) is 53.9 Å². The summed E-state index contributed by atoms with van der Waals surface area (Å²) < 4.78 is 12.6. The highest BCUT2D eigenvalue weighted by atomic mass is 16.5. The number of benzene rings is 3. The zero-order valence-corrected chi connectivity index (χ0v) is 22.5. The van der Waals surface area contributed by atoms with Crippen LogP contribution in [0.5, 0.6) is 0 Å². The molecule has 0 saturated heterocycles. The number of aliphatic imine (C=N–C) groups is 2. The van der Waals surface area contributed by atoms with Crippen molar-refractivity contribution in [1.29, 1.82) is 0 Å². The van der Waals surface area contributed by atoms with Crippen LogP contribution in [0.25, 0.3) is 0 Å². The fraction of sp³-hybridized carbons (Fsp3) is 0.394. The Morgan fingerprint density at radius 1 is 0.622 bits per heavy atom. The number of ether oxygens (including phenoxy) is 2. The highest BCUT2D eigenvalue weighted by molar-refractivity contribution is 6.06. The van der Waals surface area contributed by atoms with Crippen molar-refractivity contribution in [3.05, 3.63) is 107 Å². The maximum atomic E-state index is 6.31. The van der Waals surface area contributed by atoms with E-state index < -0.39 is 5.41 Å². The maximum Gasteiger partial charge on any atom is 0.199 e. The summed E-state index contributed by atoms with van der Waals surface area (Å²) in [5.41, 5.74) is 4.67. The molecule has 37 heavy (non-hydrogen) atoms. The van der Waals surface area contributed by atoms with Crippen LogP contribution in [0.4, 0.5) is 0 Å². The van der Waals surface area contributed by atoms with Crippen LogP contribution in [0.15, 0.2) is 94.9 Å². The van der Waals surface area contributed by atoms with Crippen LogP contribution in [0.2, 0.25) is 0 Å². The normalized spacial score (nSPS) is 19.7. The fourth-order valence-corrected chi connectivity index (χ4v) is 5.19. The number of hydrogen-bond donors (Lipinski definition) is 0. The van der Waals surface area contributed by atoms with E-state index in [1.807, 2.05) is 12.1 Å². The molecule has 0 N–H and O–H groups in total. The first-order valence-electron chi connectivity index (χ1n) is 13.4. The minimum absolute atomic E-state index is 0.0992. The lowest BCUT2D eigenvalue weighted by molar-refractivity contribution is 0.256. The number of hydrogen-bond acceptors (Lipinski definition) is 4. The van der Waals surface area contributed by atoms with Gasteiger partial charge in [0.15, 0.2) is 11.8 Å². The highest BCUT2D eigenvalue weighted by Crippen LogP contribution is 2.35. The molecule has 0 unspecified atom stereocenters. The molecule has 0 radical (unpaired) electrons. The van der Waals surface area contributed by atoms with Gasteiger partial charge in [0, 0.05) is 0 Å². The lowest BCUT2D eigenvalue weighted by Gasteiger charge is -2.28. The Bertz CT molecular complexity index is 1170. The standard InChI is InChI=1S/C33H38N2O2/c1-32(2,3)27-17-15-26(16-18-27)21-33(4,30-34-28(22-36-30)19-24-11-7-5-8-12-24)31-35-29(23-37-31)20-25-13-9-6-10-14-25/h5-18,28-29H,19-23H2,1-4H3/t28-,29-/m0/s1. The van der Waals surface area contributed by atoms with E-state index in [4.69, 9.17) is 19.5 Å². The van der Waals surface area contributed by atoms with E-state index in [2.05, 4.69) is 100 Å². The van der Waals surface area contributed by atoms with Gasteiger partial charge in [0.2, 0.25) is 0 Å². The first-order valence-corrected chi connectivity index (χ1v) is 13.4. The fourth-order valence-electron chi connectivity index (χ4n) is 5.19. The summed E-state index contributed by atoms with van der Waals surface area (Å²) in [7, 11) is 0. The molecule has 3 aromatic rings. The predicted molar refractivity (Wildman–Crippen MR) is 152 cm³/mol. The van der Waals surface area contributed by atoms with Crippen molar-refractivity contribution in [3.8, 4) is 0 Å². The van der Waals surface area contributed by atoms with Crippen molar-refractivity contribution in [3.63, 3.8) is 0 Å². The summed E-state index contributed by atoms with van der Waals surface area (Å²) >= 11 is 0. The molecular formula is C33H38N2O2. The molecule has 2 aliphatic heterocycles. The van der Waals surface area contributed by atoms with Gasteiger partial charge in [-0.15, -0.1) is 0 Å². The van der Waals surface area contributed by atoms with Crippen LogP contribution in [-0.2, 0) is 34.2 Å². The highest BCUT2D eigenvalue weighted by Gasteiger charge is 2.45. The van der Waals surface area contributed by atoms with Gasteiger partial charge in [-0.3, -0.25) is 0 Å². The number of rotatable bonds is 8. The van der Waals surface area contributed by atoms with Crippen molar-refractivity contribution < 1.29 is 9.47 Å². The van der Waals surface area contributed by atoms with Gasteiger partial charge in [0.25, 0.3) is 0 Å². The Morgan fingerprint density at radius 2 is 1.08 bits per heavy atom. The molecule has 4 nitrogen and oxygen atoms in total. The van der Waals surface area contributed by atoms with Gasteiger partial charge < -0.3 is 9.47 Å². The Kier molecular flexibility index (Phi) is 7.19. The van der Waals surface area contributed by atoms with Gasteiger partial charge in [0.05, 0.1) is 12.1 Å². The van der Waals surface area contributed by atoms with Crippen LogP contribution >= 0.6 is 0 Å². The average molecular weight is 495 g/mol. The van der Waals surface area contributed by atoms with E-state index in [0.29, 0.717) is 13.2 Å². The van der Waals surface area contributed by atoms with E-state index in [0.717, 1.165) is 31.1 Å². The summed E-state index contributed by atoms with van der Waals surface area (Å²) in [6, 6.07) is 30.2. The van der Waals surface area contributed by atoms with Gasteiger partial charge in [-0.25, -0.2) is 9.98 Å². The molecule has 0 aliphatic carbocycles. The quantitative estimate of drug-likeness (QED) is 0.353. The van der Waals surface area contributed by atoms with Crippen molar-refractivity contribution >= 4 is 11.8 Å². The molecule has 2 aliphatic rings. The molecule has 0 spiro atoms. The monoisotopic (exact) mass is 494 g/mol. The molecule has 0 saturated carbocycles. The molecule has 2 atom stereocenters. The van der Waals surface area contributed by atoms with Crippen molar-refractivity contribution in [2.24, 2.45) is 15.4 Å². The average Bonchev–Trinajstić information content (AvgIpc) is 3.56. The zero-order valence-electron chi connectivity index (χ0n) is 22.5. The van der Waals surface area contributed by atoms with Gasteiger partial charge >= 0.3 is 0 Å². The minimum Gasteiger partial charge on any atom is -0.478 e. The van der Waals surface area contributed by atoms with Crippen LogP contribution in [0.1, 0.15) is 49.9 Å². The van der Waals surface area contributed by atoms with Gasteiger partial charge in [-0.2, -0.15) is 0 Å². The zero-order chi connectivity index (χ0) is 25.9. The topological polar surface area (TPSA) is 43.2 Å². The molecule has 4 heteroatoms. The summed E-state index contributed by atoms with van der Waals surface area (Å²) in [5.74, 6) is 1.49. The maximum absolute atomic E-state index is 6.31. The Labute approximate surface area is 221 Å². The molecule has 0 amide bonds. The van der Waals surface area contributed by atoms with Crippen LogP contribution in [0, 0.1) is 5.41 Å². The molecule has 192 valence electrons. The Morgan fingerprint density at radius 3 is 1.51 bits per heavy atom. The predicted octanol–water partition coefficient (Wildman–Crippen LogP) is 6.61. The second kappa shape index (κ2) is 10.5. The van der Waals surface area contributed by atoms with E-state index in [-0.39, 0.29) is 17.5 Å². The second-order valence-electron chi connectivity index (χ2n) is 11.6. The number of nitrogens with zero attached hydrogens (tertiary/aromatic N) is 2. The third kappa shape index (κ3) is 5.95. The molecule has 5 rings (SSSR count). The first-order chi connectivity index (χ1) is 17.8. The van der Waals surface area contributed by atoms with Crippen LogP contribution in [0.3, 0.4) is 0 Å². The lowest BCUT2D eigenvalue weighted by atomic mass is 9.81. The molecule has 3 aromatic carbocycles. The van der Waals surface area contributed by atoms with Crippen LogP contribution < -0.4 is 0 Å². The van der Waals surface area contributed by atoms with Crippen molar-refractivity contribution in [2.45, 2.75) is 64.5 Å². The largest absolute Gasteiger partial charge is 0.478 e. The summed E-state index contributed by atoms with van der Waals surface area (Å²) in [6.07, 6.45) is 2.46. The first kappa shape index (κ1) is 25.3. The molecule has 2 heterocycles. The van der Waals surface area contributed by atoms with Crippen molar-refractivity contribution in [2.75, 3.05) is 13.2 Å². The Hall–Kier alpha value is -3.40. The summed E-state index contributed by atoms with van der Waals surface area (Å²) in [4.78, 5) is 10.2. The van der Waals surface area contributed by atoms with Gasteiger partial charge in [0.1, 0.15) is 18.6 Å². The third-order valence-electron chi connectivity index (χ3n) is 7.37. The Balaban J connectivity index is 1.42. The van der Waals surface area contributed by atoms with Gasteiger partial charge in [-0.1, -0.05) is 106 Å². The van der Waals surface area contributed by atoms with E-state index in [1.165, 1.54) is 22.3 Å². The van der Waals surface area contributed by atoms with E-state index >= 15 is 0 Å². The van der Waals surface area contributed by atoms with E-state index in [9.17, 15) is 0 Å². The third-order valence-corrected chi connectivity index (χ3v) is 7.37. The second-order valence-corrected chi connectivity index (χ2v) is 11.6. The summed E-state index contributed by atoms with van der Waals surface area (Å²) in [6.45, 7) is 10.1. The minimum atomic E-state index is -0.555. The molecular weight excluding hydrogens is 456 g/mol. The summed E-state index contributed by atoms with van der Waals surface area (Å²) in [5, 5.41) is 0. The smallest absolute Gasteiger partial charge is 0.199 e. The van der Waals surface area contributed by atoms with Crippen LogP contribution in [-0.4, -0.2) is 37.1 Å². The SMILES string of the molecule is CC(Cc1ccc(C(C)(C)C)cc1)(C1=N[C@@H](Cc2ccccc2)CO1)C1=N[C@@H](Cc2ccccc2)CO1. The molecule has 0 fully saturated rings. The molecule has 0 aromatic heterocycles. The molecule has 0 bridgehead atoms.